The SMILES string of the molecule is CCC[C@@H]1CN(C(=O)c2csc(SC)n2)C[C@H]1NS(C)(=O)=O. The van der Waals surface area contributed by atoms with Gasteiger partial charge in [0.2, 0.25) is 10.0 Å². The summed E-state index contributed by atoms with van der Waals surface area (Å²) in [7, 11) is -3.28. The van der Waals surface area contributed by atoms with Crippen molar-refractivity contribution in [2.45, 2.75) is 30.1 Å². The van der Waals surface area contributed by atoms with E-state index in [4.69, 9.17) is 0 Å². The number of rotatable bonds is 6. The summed E-state index contributed by atoms with van der Waals surface area (Å²) in [4.78, 5) is 18.5. The van der Waals surface area contributed by atoms with E-state index in [1.807, 2.05) is 6.26 Å². The summed E-state index contributed by atoms with van der Waals surface area (Å²) in [5.41, 5.74) is 0.449. The van der Waals surface area contributed by atoms with Crippen LogP contribution in [0.15, 0.2) is 9.72 Å². The number of hydrogen-bond donors (Lipinski definition) is 1. The van der Waals surface area contributed by atoms with E-state index in [9.17, 15) is 13.2 Å². The number of nitrogens with one attached hydrogen (secondary N) is 1. The third kappa shape index (κ3) is 4.43. The van der Waals surface area contributed by atoms with Gasteiger partial charge in [-0.1, -0.05) is 25.1 Å². The van der Waals surface area contributed by atoms with E-state index in [2.05, 4.69) is 16.6 Å². The maximum absolute atomic E-state index is 12.5. The maximum Gasteiger partial charge on any atom is 0.273 e. The summed E-state index contributed by atoms with van der Waals surface area (Å²) >= 11 is 2.96. The standard InChI is InChI=1S/C13H21N3O3S3/c1-4-5-9-6-16(7-10(9)15-22(3,18)19)12(17)11-8-21-13(14-11)20-2/h8-10,15H,4-7H2,1-3H3/t9-,10-/m1/s1. The summed E-state index contributed by atoms with van der Waals surface area (Å²) < 4.78 is 26.5. The van der Waals surface area contributed by atoms with Crippen LogP contribution >= 0.6 is 23.1 Å². The van der Waals surface area contributed by atoms with E-state index in [1.54, 1.807) is 10.3 Å². The van der Waals surface area contributed by atoms with Gasteiger partial charge in [0.15, 0.2) is 0 Å². The fourth-order valence-electron chi connectivity index (χ4n) is 2.72. The zero-order valence-corrected chi connectivity index (χ0v) is 15.4. The largest absolute Gasteiger partial charge is 0.335 e. The van der Waals surface area contributed by atoms with Gasteiger partial charge in [-0.15, -0.1) is 11.3 Å². The van der Waals surface area contributed by atoms with Crippen LogP contribution in [0.25, 0.3) is 0 Å². The molecule has 0 aromatic carbocycles. The van der Waals surface area contributed by atoms with Crippen molar-refractivity contribution in [1.29, 1.82) is 0 Å². The van der Waals surface area contributed by atoms with Crippen molar-refractivity contribution in [3.05, 3.63) is 11.1 Å². The lowest BCUT2D eigenvalue weighted by atomic mass is 9.99. The summed E-state index contributed by atoms with van der Waals surface area (Å²) in [5, 5.41) is 1.76. The molecule has 1 aromatic rings. The van der Waals surface area contributed by atoms with Crippen molar-refractivity contribution >= 4 is 39.0 Å². The highest BCUT2D eigenvalue weighted by Crippen LogP contribution is 2.26. The normalized spacial score (nSPS) is 22.2. The second kappa shape index (κ2) is 7.29. The molecule has 1 N–H and O–H groups in total. The van der Waals surface area contributed by atoms with E-state index < -0.39 is 10.0 Å². The molecule has 0 saturated carbocycles. The van der Waals surface area contributed by atoms with Gasteiger partial charge in [-0.05, 0) is 18.6 Å². The van der Waals surface area contributed by atoms with Crippen molar-refractivity contribution in [3.8, 4) is 0 Å². The minimum atomic E-state index is -3.28. The van der Waals surface area contributed by atoms with Crippen molar-refractivity contribution < 1.29 is 13.2 Å². The second-order valence-corrected chi connectivity index (χ2v) is 9.15. The smallest absolute Gasteiger partial charge is 0.273 e. The number of aromatic nitrogens is 1. The summed E-state index contributed by atoms with van der Waals surface area (Å²) in [5.74, 6) is 0.0396. The molecule has 1 aromatic heterocycles. The van der Waals surface area contributed by atoms with Gasteiger partial charge in [-0.3, -0.25) is 4.79 Å². The minimum Gasteiger partial charge on any atom is -0.335 e. The first-order valence-corrected chi connectivity index (χ1v) is 11.1. The molecule has 2 heterocycles. The van der Waals surface area contributed by atoms with Gasteiger partial charge >= 0.3 is 0 Å². The highest BCUT2D eigenvalue weighted by molar-refractivity contribution is 8.00. The number of sulfonamides is 1. The van der Waals surface area contributed by atoms with Crippen LogP contribution in [0.5, 0.6) is 0 Å². The van der Waals surface area contributed by atoms with Crippen LogP contribution in [0.2, 0.25) is 0 Å². The highest BCUT2D eigenvalue weighted by Gasteiger charge is 2.36. The van der Waals surface area contributed by atoms with Gasteiger partial charge in [-0.25, -0.2) is 18.1 Å². The van der Waals surface area contributed by atoms with Crippen LogP contribution in [-0.2, 0) is 10.0 Å². The van der Waals surface area contributed by atoms with Crippen LogP contribution in [0.1, 0.15) is 30.3 Å². The first-order valence-electron chi connectivity index (χ1n) is 7.10. The minimum absolute atomic E-state index is 0.115. The van der Waals surface area contributed by atoms with Crippen LogP contribution in [0.3, 0.4) is 0 Å². The number of amides is 1. The predicted molar refractivity (Wildman–Crippen MR) is 90.0 cm³/mol. The number of carbonyl (C=O) groups is 1. The van der Waals surface area contributed by atoms with E-state index in [0.29, 0.717) is 18.8 Å². The fourth-order valence-corrected chi connectivity index (χ4v) is 4.77. The fraction of sp³-hybridized carbons (Fsp3) is 0.692. The van der Waals surface area contributed by atoms with E-state index in [1.165, 1.54) is 23.1 Å². The monoisotopic (exact) mass is 363 g/mol. The molecule has 0 unspecified atom stereocenters. The Bertz CT molecular complexity index is 629. The topological polar surface area (TPSA) is 79.4 Å². The molecular weight excluding hydrogens is 342 g/mol. The molecular formula is C13H21N3O3S3. The third-order valence-electron chi connectivity index (χ3n) is 3.63. The lowest BCUT2D eigenvalue weighted by molar-refractivity contribution is 0.0779. The molecule has 2 rings (SSSR count). The molecule has 2 atom stereocenters. The first-order chi connectivity index (χ1) is 10.3. The molecule has 1 amide bonds. The van der Waals surface area contributed by atoms with Gasteiger partial charge in [-0.2, -0.15) is 0 Å². The van der Waals surface area contributed by atoms with Gasteiger partial charge < -0.3 is 4.90 Å². The lowest BCUT2D eigenvalue weighted by Gasteiger charge is -2.17. The zero-order valence-electron chi connectivity index (χ0n) is 12.9. The molecule has 22 heavy (non-hydrogen) atoms. The van der Waals surface area contributed by atoms with Gasteiger partial charge in [0, 0.05) is 24.5 Å². The molecule has 0 bridgehead atoms. The third-order valence-corrected chi connectivity index (χ3v) is 6.22. The Morgan fingerprint density at radius 3 is 2.82 bits per heavy atom. The number of carbonyl (C=O) groups excluding carboxylic acids is 1. The number of thioether (sulfide) groups is 1. The molecule has 1 aliphatic rings. The summed E-state index contributed by atoms with van der Waals surface area (Å²) in [6.07, 6.45) is 4.93. The average molecular weight is 364 g/mol. The van der Waals surface area contributed by atoms with Crippen molar-refractivity contribution in [1.82, 2.24) is 14.6 Å². The van der Waals surface area contributed by atoms with Crippen molar-refractivity contribution in [2.24, 2.45) is 5.92 Å². The molecule has 6 nitrogen and oxygen atoms in total. The zero-order chi connectivity index (χ0) is 16.3. The second-order valence-electron chi connectivity index (χ2n) is 5.46. The highest BCUT2D eigenvalue weighted by atomic mass is 32.2. The Morgan fingerprint density at radius 1 is 1.55 bits per heavy atom. The van der Waals surface area contributed by atoms with Crippen molar-refractivity contribution in [2.75, 3.05) is 25.6 Å². The maximum atomic E-state index is 12.5. The summed E-state index contributed by atoms with van der Waals surface area (Å²) in [6.45, 7) is 3.04. The van der Waals surface area contributed by atoms with Crippen LogP contribution in [0.4, 0.5) is 0 Å². The van der Waals surface area contributed by atoms with Crippen LogP contribution < -0.4 is 4.72 Å². The Hall–Kier alpha value is -0.640. The average Bonchev–Trinajstić information content (AvgIpc) is 3.04. The molecule has 0 radical (unpaired) electrons. The number of thiazole rings is 1. The Morgan fingerprint density at radius 2 is 2.27 bits per heavy atom. The number of nitrogens with zero attached hydrogens (tertiary/aromatic N) is 2. The van der Waals surface area contributed by atoms with Gasteiger partial charge in [0.25, 0.3) is 5.91 Å². The molecule has 1 fully saturated rings. The molecule has 9 heteroatoms. The van der Waals surface area contributed by atoms with E-state index in [-0.39, 0.29) is 17.9 Å². The molecule has 1 saturated heterocycles. The van der Waals surface area contributed by atoms with Crippen LogP contribution in [0, 0.1) is 5.92 Å². The molecule has 0 aliphatic carbocycles. The Labute approximate surface area is 139 Å². The Balaban J connectivity index is 2.10. The Kier molecular flexibility index (Phi) is 5.87. The summed E-state index contributed by atoms with van der Waals surface area (Å²) in [6, 6.07) is -0.211. The van der Waals surface area contributed by atoms with Crippen molar-refractivity contribution in [3.63, 3.8) is 0 Å². The van der Waals surface area contributed by atoms with Gasteiger partial charge in [0.05, 0.1) is 6.26 Å². The first kappa shape index (κ1) is 17.7. The predicted octanol–water partition coefficient (Wildman–Crippen LogP) is 1.65. The van der Waals surface area contributed by atoms with E-state index >= 15 is 0 Å². The lowest BCUT2D eigenvalue weighted by Crippen LogP contribution is -2.40. The van der Waals surface area contributed by atoms with E-state index in [0.717, 1.165) is 23.4 Å². The van der Waals surface area contributed by atoms with Crippen LogP contribution in [-0.4, -0.2) is 55.9 Å². The molecule has 124 valence electrons. The quantitative estimate of drug-likeness (QED) is 0.778. The molecule has 0 spiro atoms. The molecule has 1 aliphatic heterocycles. The number of likely N-dealkylation sites (tertiary alicyclic amines) is 1. The van der Waals surface area contributed by atoms with Gasteiger partial charge in [0.1, 0.15) is 10.0 Å². The number of hydrogen-bond acceptors (Lipinski definition) is 6.